The Morgan fingerprint density at radius 3 is 2.61 bits per heavy atom. The molecule has 2 amide bonds. The molecule has 0 spiro atoms. The summed E-state index contributed by atoms with van der Waals surface area (Å²) in [6, 6.07) is 1.53. The second-order valence-corrected chi connectivity index (χ2v) is 7.60. The number of rotatable bonds is 1. The van der Waals surface area contributed by atoms with Gasteiger partial charge in [0.2, 0.25) is 0 Å². The lowest BCUT2D eigenvalue weighted by atomic mass is 10.2. The number of halogens is 2. The minimum atomic E-state index is -0.119. The van der Waals surface area contributed by atoms with Gasteiger partial charge in [-0.25, -0.2) is 19.7 Å². The van der Waals surface area contributed by atoms with E-state index in [1.165, 1.54) is 11.3 Å². The first-order chi connectivity index (χ1) is 11.0. The first-order valence-corrected chi connectivity index (χ1v) is 8.89. The minimum absolute atomic E-state index is 0.119. The van der Waals surface area contributed by atoms with Gasteiger partial charge in [-0.2, -0.15) is 0 Å². The zero-order chi connectivity index (χ0) is 16.3. The Balaban J connectivity index is 1.92. The van der Waals surface area contributed by atoms with Gasteiger partial charge in [0.25, 0.3) is 0 Å². The number of amides is 2. The quantitative estimate of drug-likeness (QED) is 0.736. The second kappa shape index (κ2) is 5.26. The van der Waals surface area contributed by atoms with Gasteiger partial charge in [0.1, 0.15) is 11.3 Å². The van der Waals surface area contributed by atoms with Crippen LogP contribution in [0.3, 0.4) is 0 Å². The molecule has 0 radical (unpaired) electrons. The van der Waals surface area contributed by atoms with Crippen LogP contribution in [0.2, 0.25) is 10.0 Å². The molecule has 5 nitrogen and oxygen atoms in total. The third-order valence-electron chi connectivity index (χ3n) is 4.13. The first-order valence-electron chi connectivity index (χ1n) is 7.32. The molecule has 2 aromatic rings. The summed E-state index contributed by atoms with van der Waals surface area (Å²) in [4.78, 5) is 18.9. The number of carbonyl (C=O) groups excluding carboxylic acids is 1. The van der Waals surface area contributed by atoms with Gasteiger partial charge in [-0.15, -0.1) is 11.3 Å². The molecular formula is C15H14Cl2N4OS. The average Bonchev–Trinajstić information content (AvgIpc) is 3.02. The van der Waals surface area contributed by atoms with E-state index in [2.05, 4.69) is 11.6 Å². The fourth-order valence-electron chi connectivity index (χ4n) is 3.11. The molecule has 23 heavy (non-hydrogen) atoms. The molecule has 0 bridgehead atoms. The van der Waals surface area contributed by atoms with Gasteiger partial charge >= 0.3 is 6.03 Å². The Morgan fingerprint density at radius 2 is 1.91 bits per heavy atom. The van der Waals surface area contributed by atoms with E-state index in [-0.39, 0.29) is 6.03 Å². The molecule has 3 heterocycles. The molecule has 0 saturated carbocycles. The summed E-state index contributed by atoms with van der Waals surface area (Å²) in [5.74, 6) is 0.631. The Bertz CT molecular complexity index is 826. The van der Waals surface area contributed by atoms with Crippen molar-refractivity contribution >= 4 is 56.5 Å². The molecule has 2 saturated heterocycles. The SMILES string of the molecule is C=C1N(c2c(Cl)cc(Cl)c3nc(C)sc23)C(=O)N2CCCCN12. The molecule has 0 unspecified atom stereocenters. The lowest BCUT2D eigenvalue weighted by Crippen LogP contribution is -2.43. The van der Waals surface area contributed by atoms with Crippen molar-refractivity contribution in [3.63, 3.8) is 0 Å². The maximum absolute atomic E-state index is 12.9. The number of urea groups is 1. The zero-order valence-corrected chi connectivity index (χ0v) is 14.8. The lowest BCUT2D eigenvalue weighted by Gasteiger charge is -2.32. The summed E-state index contributed by atoms with van der Waals surface area (Å²) >= 11 is 14.2. The van der Waals surface area contributed by atoms with E-state index < -0.39 is 0 Å². The number of carbonyl (C=O) groups is 1. The fraction of sp³-hybridized carbons (Fsp3) is 0.333. The maximum atomic E-state index is 12.9. The molecule has 0 N–H and O–H groups in total. The number of hydrazine groups is 1. The molecule has 1 aromatic carbocycles. The number of hydrogen-bond acceptors (Lipinski definition) is 4. The number of thiazole rings is 1. The van der Waals surface area contributed by atoms with Crippen molar-refractivity contribution < 1.29 is 4.79 Å². The molecule has 0 aliphatic carbocycles. The van der Waals surface area contributed by atoms with Gasteiger partial charge in [-0.05, 0) is 25.8 Å². The Hall–Kier alpha value is -1.50. The molecule has 0 atom stereocenters. The van der Waals surface area contributed by atoms with Crippen molar-refractivity contribution in [3.05, 3.63) is 33.5 Å². The van der Waals surface area contributed by atoms with Crippen molar-refractivity contribution in [3.8, 4) is 0 Å². The van der Waals surface area contributed by atoms with Crippen molar-refractivity contribution in [2.24, 2.45) is 0 Å². The molecule has 120 valence electrons. The summed E-state index contributed by atoms with van der Waals surface area (Å²) < 4.78 is 0.815. The van der Waals surface area contributed by atoms with Crippen LogP contribution in [0.1, 0.15) is 17.8 Å². The molecular weight excluding hydrogens is 355 g/mol. The van der Waals surface area contributed by atoms with Crippen molar-refractivity contribution in [1.82, 2.24) is 15.0 Å². The van der Waals surface area contributed by atoms with E-state index in [4.69, 9.17) is 23.2 Å². The molecule has 2 fully saturated rings. The predicted molar refractivity (Wildman–Crippen MR) is 94.0 cm³/mol. The topological polar surface area (TPSA) is 39.7 Å². The summed E-state index contributed by atoms with van der Waals surface area (Å²) in [5, 5.41) is 5.46. The van der Waals surface area contributed by atoms with Gasteiger partial charge < -0.3 is 0 Å². The minimum Gasteiger partial charge on any atom is -0.266 e. The number of fused-ring (bicyclic) bond motifs is 2. The lowest BCUT2D eigenvalue weighted by molar-refractivity contribution is 0.0500. The van der Waals surface area contributed by atoms with Gasteiger partial charge in [-0.1, -0.05) is 29.8 Å². The molecule has 2 aliphatic rings. The molecule has 8 heteroatoms. The summed E-state index contributed by atoms with van der Waals surface area (Å²) in [5.41, 5.74) is 1.30. The number of nitrogens with zero attached hydrogens (tertiary/aromatic N) is 4. The zero-order valence-electron chi connectivity index (χ0n) is 12.5. The van der Waals surface area contributed by atoms with Gasteiger partial charge in [0, 0.05) is 13.1 Å². The third kappa shape index (κ3) is 2.12. The second-order valence-electron chi connectivity index (χ2n) is 5.59. The van der Waals surface area contributed by atoms with Crippen LogP contribution < -0.4 is 4.90 Å². The summed E-state index contributed by atoms with van der Waals surface area (Å²) in [6.45, 7) is 7.50. The van der Waals surface area contributed by atoms with Crippen molar-refractivity contribution in [1.29, 1.82) is 0 Å². The van der Waals surface area contributed by atoms with Gasteiger partial charge in [-0.3, -0.25) is 5.01 Å². The van der Waals surface area contributed by atoms with Crippen LogP contribution >= 0.6 is 34.5 Å². The largest absolute Gasteiger partial charge is 0.349 e. The van der Waals surface area contributed by atoms with Crippen molar-refractivity contribution in [2.75, 3.05) is 18.0 Å². The Labute approximate surface area is 147 Å². The summed E-state index contributed by atoms with van der Waals surface area (Å²) in [6.07, 6.45) is 2.03. The number of aromatic nitrogens is 1. The third-order valence-corrected chi connectivity index (χ3v) is 5.68. The number of aryl methyl sites for hydroxylation is 1. The van der Waals surface area contributed by atoms with E-state index >= 15 is 0 Å². The van der Waals surface area contributed by atoms with Crippen molar-refractivity contribution in [2.45, 2.75) is 19.8 Å². The van der Waals surface area contributed by atoms with Crippen LogP contribution in [0.15, 0.2) is 18.5 Å². The first kappa shape index (κ1) is 15.1. The Kier molecular flexibility index (Phi) is 3.44. The van der Waals surface area contributed by atoms with Crippen LogP contribution in [0.25, 0.3) is 10.2 Å². The van der Waals surface area contributed by atoms with Crippen LogP contribution in [-0.4, -0.2) is 34.1 Å². The standard InChI is InChI=1S/C15H14Cl2N4OS/c1-8-18-12-10(16)7-11(17)13(14(12)23-8)21-9(2)19-5-3-4-6-20(19)15(21)22/h7H,2-6H2,1H3. The average molecular weight is 369 g/mol. The Morgan fingerprint density at radius 1 is 1.22 bits per heavy atom. The van der Waals surface area contributed by atoms with E-state index in [1.54, 1.807) is 16.0 Å². The number of benzene rings is 1. The highest BCUT2D eigenvalue weighted by Crippen LogP contribution is 2.45. The van der Waals surface area contributed by atoms with Crippen LogP contribution in [-0.2, 0) is 0 Å². The maximum Gasteiger partial charge on any atom is 0.349 e. The van der Waals surface area contributed by atoms with Crippen LogP contribution in [0, 0.1) is 6.92 Å². The van der Waals surface area contributed by atoms with Crippen LogP contribution in [0.4, 0.5) is 10.5 Å². The molecule has 2 aliphatic heterocycles. The van der Waals surface area contributed by atoms with E-state index in [1.807, 2.05) is 11.9 Å². The van der Waals surface area contributed by atoms with E-state index in [0.29, 0.717) is 33.6 Å². The predicted octanol–water partition coefficient (Wildman–Crippen LogP) is 4.64. The summed E-state index contributed by atoms with van der Waals surface area (Å²) in [7, 11) is 0. The molecule has 1 aromatic heterocycles. The number of anilines is 1. The number of hydrogen-bond donors (Lipinski definition) is 0. The van der Waals surface area contributed by atoms with Crippen LogP contribution in [0.5, 0.6) is 0 Å². The highest BCUT2D eigenvalue weighted by Gasteiger charge is 2.42. The highest BCUT2D eigenvalue weighted by molar-refractivity contribution is 7.19. The molecule has 4 rings (SSSR count). The van der Waals surface area contributed by atoms with E-state index in [9.17, 15) is 4.79 Å². The smallest absolute Gasteiger partial charge is 0.266 e. The van der Waals surface area contributed by atoms with Gasteiger partial charge in [0.05, 0.1) is 25.4 Å². The fourth-order valence-corrected chi connectivity index (χ4v) is 4.80. The highest BCUT2D eigenvalue weighted by atomic mass is 35.5. The normalized spacial score (nSPS) is 18.3. The monoisotopic (exact) mass is 368 g/mol. The van der Waals surface area contributed by atoms with E-state index in [0.717, 1.165) is 29.1 Å². The van der Waals surface area contributed by atoms with Gasteiger partial charge in [0.15, 0.2) is 0 Å².